The molecule has 0 bridgehead atoms. The van der Waals surface area contributed by atoms with Gasteiger partial charge in [-0.3, -0.25) is 4.79 Å². The second-order valence-electron chi connectivity index (χ2n) is 6.12. The van der Waals surface area contributed by atoms with Crippen molar-refractivity contribution in [3.63, 3.8) is 0 Å². The van der Waals surface area contributed by atoms with Gasteiger partial charge in [0.1, 0.15) is 0 Å². The molecule has 2 saturated heterocycles. The van der Waals surface area contributed by atoms with E-state index in [1.807, 2.05) is 48.2 Å². The van der Waals surface area contributed by atoms with Crippen molar-refractivity contribution in [2.45, 2.75) is 18.9 Å². The molecule has 3 rings (SSSR count). The van der Waals surface area contributed by atoms with E-state index < -0.39 is 0 Å². The first-order chi connectivity index (χ1) is 9.65. The largest absolute Gasteiger partial charge is 0.378 e. The van der Waals surface area contributed by atoms with Crippen molar-refractivity contribution in [1.82, 2.24) is 10.2 Å². The van der Waals surface area contributed by atoms with Gasteiger partial charge in [-0.25, -0.2) is 0 Å². The van der Waals surface area contributed by atoms with Gasteiger partial charge in [0.15, 0.2) is 0 Å². The fourth-order valence-electron chi connectivity index (χ4n) is 3.31. The number of likely N-dealkylation sites (tertiary alicyclic amines) is 1. The Labute approximate surface area is 120 Å². The van der Waals surface area contributed by atoms with Gasteiger partial charge in [0.05, 0.1) is 0 Å². The summed E-state index contributed by atoms with van der Waals surface area (Å²) < 4.78 is 0. The van der Waals surface area contributed by atoms with Gasteiger partial charge in [0.25, 0.3) is 5.91 Å². The zero-order valence-electron chi connectivity index (χ0n) is 12.3. The molecule has 0 spiro atoms. The minimum Gasteiger partial charge on any atom is -0.378 e. The summed E-state index contributed by atoms with van der Waals surface area (Å²) in [5.41, 5.74) is 1.88. The van der Waals surface area contributed by atoms with E-state index in [0.717, 1.165) is 30.9 Å². The summed E-state index contributed by atoms with van der Waals surface area (Å²) in [5.74, 6) is 0.814. The van der Waals surface area contributed by atoms with Gasteiger partial charge in [0, 0.05) is 44.5 Å². The van der Waals surface area contributed by atoms with Crippen LogP contribution in [-0.4, -0.2) is 50.6 Å². The van der Waals surface area contributed by atoms with Crippen LogP contribution in [0, 0.1) is 5.92 Å². The normalized spacial score (nSPS) is 25.4. The molecular weight excluding hydrogens is 250 g/mol. The molecule has 0 radical (unpaired) electrons. The van der Waals surface area contributed by atoms with E-state index in [0.29, 0.717) is 12.0 Å². The Kier molecular flexibility index (Phi) is 3.66. The van der Waals surface area contributed by atoms with Gasteiger partial charge in [0.2, 0.25) is 0 Å². The van der Waals surface area contributed by atoms with Crippen molar-refractivity contribution in [1.29, 1.82) is 0 Å². The molecule has 2 atom stereocenters. The quantitative estimate of drug-likeness (QED) is 0.888. The molecule has 1 aromatic carbocycles. The number of piperidine rings is 1. The van der Waals surface area contributed by atoms with Crippen LogP contribution in [0.2, 0.25) is 0 Å². The number of carbonyl (C=O) groups excluding carboxylic acids is 1. The van der Waals surface area contributed by atoms with Crippen molar-refractivity contribution in [2.75, 3.05) is 38.6 Å². The molecule has 2 fully saturated rings. The molecule has 20 heavy (non-hydrogen) atoms. The van der Waals surface area contributed by atoms with Crippen LogP contribution >= 0.6 is 0 Å². The second-order valence-corrected chi connectivity index (χ2v) is 6.12. The molecule has 0 saturated carbocycles. The van der Waals surface area contributed by atoms with Crippen LogP contribution in [0.25, 0.3) is 0 Å². The molecule has 1 aromatic rings. The number of carbonyl (C=O) groups is 1. The molecule has 2 unspecified atom stereocenters. The molecule has 2 aliphatic rings. The van der Waals surface area contributed by atoms with Crippen LogP contribution < -0.4 is 10.2 Å². The number of fused-ring (bicyclic) bond motifs is 1. The number of hydrogen-bond acceptors (Lipinski definition) is 3. The highest BCUT2D eigenvalue weighted by atomic mass is 16.2. The van der Waals surface area contributed by atoms with Gasteiger partial charge < -0.3 is 15.1 Å². The van der Waals surface area contributed by atoms with Gasteiger partial charge in [-0.15, -0.1) is 0 Å². The Morgan fingerprint density at radius 1 is 1.35 bits per heavy atom. The standard InChI is InChI=1S/C16H23N3O/c1-18(2)14-7-3-5-12(9-14)16(20)19-10-13-6-4-8-17-15(13)11-19/h3,5,7,9,13,15,17H,4,6,8,10-11H2,1-2H3. The number of rotatable bonds is 2. The number of anilines is 1. The molecule has 1 N–H and O–H groups in total. The first kappa shape index (κ1) is 13.4. The zero-order chi connectivity index (χ0) is 14.1. The van der Waals surface area contributed by atoms with Crippen molar-refractivity contribution in [2.24, 2.45) is 5.92 Å². The Hall–Kier alpha value is -1.55. The molecule has 4 nitrogen and oxygen atoms in total. The molecular formula is C16H23N3O. The maximum Gasteiger partial charge on any atom is 0.253 e. The molecule has 4 heteroatoms. The lowest BCUT2D eigenvalue weighted by Crippen LogP contribution is -2.41. The van der Waals surface area contributed by atoms with E-state index >= 15 is 0 Å². The zero-order valence-corrected chi connectivity index (χ0v) is 12.3. The number of amides is 1. The summed E-state index contributed by atoms with van der Waals surface area (Å²) in [5, 5.41) is 3.54. The minimum absolute atomic E-state index is 0.171. The second kappa shape index (κ2) is 5.44. The Bertz CT molecular complexity index is 486. The maximum atomic E-state index is 12.6. The molecule has 108 valence electrons. The number of hydrogen-bond donors (Lipinski definition) is 1. The highest BCUT2D eigenvalue weighted by Gasteiger charge is 2.36. The molecule has 2 heterocycles. The predicted molar refractivity (Wildman–Crippen MR) is 81.2 cm³/mol. The number of nitrogens with one attached hydrogen (secondary N) is 1. The third-order valence-electron chi connectivity index (χ3n) is 4.50. The maximum absolute atomic E-state index is 12.6. The van der Waals surface area contributed by atoms with E-state index in [1.165, 1.54) is 12.8 Å². The smallest absolute Gasteiger partial charge is 0.253 e. The molecule has 2 aliphatic heterocycles. The summed E-state index contributed by atoms with van der Waals surface area (Å²) >= 11 is 0. The van der Waals surface area contributed by atoms with Crippen molar-refractivity contribution >= 4 is 11.6 Å². The van der Waals surface area contributed by atoms with E-state index in [4.69, 9.17) is 0 Å². The number of nitrogens with zero attached hydrogens (tertiary/aromatic N) is 2. The Balaban J connectivity index is 1.74. The fourth-order valence-corrected chi connectivity index (χ4v) is 3.31. The van der Waals surface area contributed by atoms with Gasteiger partial charge in [-0.05, 0) is 43.5 Å². The van der Waals surface area contributed by atoms with E-state index in [2.05, 4.69) is 5.32 Å². The number of benzene rings is 1. The summed E-state index contributed by atoms with van der Waals surface area (Å²) in [6.45, 7) is 2.86. The Morgan fingerprint density at radius 3 is 2.95 bits per heavy atom. The fraction of sp³-hybridized carbons (Fsp3) is 0.562. The van der Waals surface area contributed by atoms with Crippen molar-refractivity contribution in [3.8, 4) is 0 Å². The third-order valence-corrected chi connectivity index (χ3v) is 4.50. The first-order valence-electron chi connectivity index (χ1n) is 7.45. The average molecular weight is 273 g/mol. The molecule has 1 amide bonds. The predicted octanol–water partition coefficient (Wildman–Crippen LogP) is 1.58. The lowest BCUT2D eigenvalue weighted by atomic mass is 9.94. The SMILES string of the molecule is CN(C)c1cccc(C(=O)N2CC3CCCNC3C2)c1. The first-order valence-corrected chi connectivity index (χ1v) is 7.45. The minimum atomic E-state index is 0.171. The van der Waals surface area contributed by atoms with Gasteiger partial charge in [-0.1, -0.05) is 6.07 Å². The van der Waals surface area contributed by atoms with Crippen molar-refractivity contribution < 1.29 is 4.79 Å². The Morgan fingerprint density at radius 2 is 2.20 bits per heavy atom. The van der Waals surface area contributed by atoms with Gasteiger partial charge in [-0.2, -0.15) is 0 Å². The summed E-state index contributed by atoms with van der Waals surface area (Å²) in [4.78, 5) is 16.7. The lowest BCUT2D eigenvalue weighted by Gasteiger charge is -2.24. The highest BCUT2D eigenvalue weighted by molar-refractivity contribution is 5.95. The third kappa shape index (κ3) is 2.52. The molecule has 0 aliphatic carbocycles. The van der Waals surface area contributed by atoms with E-state index in [9.17, 15) is 4.79 Å². The van der Waals surface area contributed by atoms with Crippen LogP contribution in [0.15, 0.2) is 24.3 Å². The monoisotopic (exact) mass is 273 g/mol. The summed E-state index contributed by atoms with van der Waals surface area (Å²) in [6.07, 6.45) is 2.48. The molecule has 0 aromatic heterocycles. The summed E-state index contributed by atoms with van der Waals surface area (Å²) in [6, 6.07) is 8.40. The van der Waals surface area contributed by atoms with Crippen LogP contribution in [0.5, 0.6) is 0 Å². The van der Waals surface area contributed by atoms with Crippen LogP contribution in [0.3, 0.4) is 0 Å². The van der Waals surface area contributed by atoms with Gasteiger partial charge >= 0.3 is 0 Å². The van der Waals surface area contributed by atoms with Crippen LogP contribution in [0.4, 0.5) is 5.69 Å². The highest BCUT2D eigenvalue weighted by Crippen LogP contribution is 2.26. The lowest BCUT2D eigenvalue weighted by molar-refractivity contribution is 0.0785. The van der Waals surface area contributed by atoms with Crippen molar-refractivity contribution in [3.05, 3.63) is 29.8 Å². The topological polar surface area (TPSA) is 35.6 Å². The van der Waals surface area contributed by atoms with E-state index in [1.54, 1.807) is 0 Å². The van der Waals surface area contributed by atoms with Crippen LogP contribution in [-0.2, 0) is 0 Å². The average Bonchev–Trinajstić information content (AvgIpc) is 2.90. The van der Waals surface area contributed by atoms with Crippen LogP contribution in [0.1, 0.15) is 23.2 Å². The van der Waals surface area contributed by atoms with E-state index in [-0.39, 0.29) is 5.91 Å². The summed E-state index contributed by atoms with van der Waals surface area (Å²) in [7, 11) is 4.00.